The van der Waals surface area contributed by atoms with Crippen LogP contribution in [-0.4, -0.2) is 6.61 Å². The summed E-state index contributed by atoms with van der Waals surface area (Å²) in [7, 11) is 0. The molecule has 0 radical (unpaired) electrons. The second kappa shape index (κ2) is 8.34. The average Bonchev–Trinajstić information content (AvgIpc) is 2.51. The van der Waals surface area contributed by atoms with E-state index in [1.807, 2.05) is 37.3 Å². The summed E-state index contributed by atoms with van der Waals surface area (Å²) in [5.74, 6) is -1.18. The summed E-state index contributed by atoms with van der Waals surface area (Å²) in [4.78, 5) is 0. The molecule has 0 saturated heterocycles. The number of hydrazine groups is 1. The van der Waals surface area contributed by atoms with Crippen LogP contribution >= 0.6 is 0 Å². The van der Waals surface area contributed by atoms with Gasteiger partial charge in [-0.25, -0.2) is 14.2 Å². The molecule has 0 amide bonds. The first kappa shape index (κ1) is 16.2. The van der Waals surface area contributed by atoms with Crippen molar-refractivity contribution in [2.45, 2.75) is 26.3 Å². The molecule has 2 aromatic rings. The zero-order valence-corrected chi connectivity index (χ0v) is 12.5. The molecular formula is C17H20F2N2O. The number of para-hydroxylation sites is 1. The quantitative estimate of drug-likeness (QED) is 0.565. The van der Waals surface area contributed by atoms with E-state index in [0.29, 0.717) is 12.2 Å². The van der Waals surface area contributed by atoms with E-state index in [4.69, 9.17) is 4.74 Å². The van der Waals surface area contributed by atoms with Gasteiger partial charge in [0, 0.05) is 23.9 Å². The largest absolute Gasteiger partial charge is 0.490 e. The summed E-state index contributed by atoms with van der Waals surface area (Å²) in [6.45, 7) is 2.68. The molecule has 0 spiro atoms. The summed E-state index contributed by atoms with van der Waals surface area (Å²) >= 11 is 0. The second-order valence-corrected chi connectivity index (χ2v) is 4.92. The van der Waals surface area contributed by atoms with Crippen molar-refractivity contribution < 1.29 is 13.5 Å². The molecule has 2 aromatic carbocycles. The lowest BCUT2D eigenvalue weighted by atomic mass is 10.2. The van der Waals surface area contributed by atoms with Crippen LogP contribution in [0.3, 0.4) is 0 Å². The van der Waals surface area contributed by atoms with Crippen molar-refractivity contribution in [3.63, 3.8) is 0 Å². The number of rotatable bonds is 8. The summed E-state index contributed by atoms with van der Waals surface area (Å²) in [5, 5.41) is 0. The van der Waals surface area contributed by atoms with Gasteiger partial charge in [-0.3, -0.25) is 0 Å². The van der Waals surface area contributed by atoms with Crippen LogP contribution in [0.1, 0.15) is 25.3 Å². The fourth-order valence-electron chi connectivity index (χ4n) is 1.99. The van der Waals surface area contributed by atoms with E-state index in [0.717, 1.165) is 24.6 Å². The number of anilines is 1. The van der Waals surface area contributed by atoms with E-state index in [1.54, 1.807) is 0 Å². The molecule has 3 nitrogen and oxygen atoms in total. The molecule has 0 bridgehead atoms. The van der Waals surface area contributed by atoms with E-state index >= 15 is 0 Å². The van der Waals surface area contributed by atoms with Crippen LogP contribution in [0.2, 0.25) is 0 Å². The molecule has 2 rings (SSSR count). The maximum absolute atomic E-state index is 13.9. The summed E-state index contributed by atoms with van der Waals surface area (Å²) in [6, 6.07) is 11.6. The Morgan fingerprint density at radius 1 is 1.09 bits per heavy atom. The zero-order valence-electron chi connectivity index (χ0n) is 12.5. The minimum atomic E-state index is -0.674. The van der Waals surface area contributed by atoms with Gasteiger partial charge in [-0.1, -0.05) is 31.5 Å². The highest BCUT2D eigenvalue weighted by Gasteiger charge is 2.12. The van der Waals surface area contributed by atoms with E-state index in [2.05, 4.69) is 10.9 Å². The lowest BCUT2D eigenvalue weighted by Gasteiger charge is -2.14. The summed E-state index contributed by atoms with van der Waals surface area (Å²) in [5.41, 5.74) is 7.23. The third kappa shape index (κ3) is 4.70. The molecule has 5 heteroatoms. The van der Waals surface area contributed by atoms with E-state index < -0.39 is 11.6 Å². The van der Waals surface area contributed by atoms with Gasteiger partial charge in [-0.2, -0.15) is 0 Å². The lowest BCUT2D eigenvalue weighted by Crippen LogP contribution is -2.21. The topological polar surface area (TPSA) is 33.3 Å². The molecule has 0 saturated carbocycles. The first-order valence-corrected chi connectivity index (χ1v) is 7.35. The maximum Gasteiger partial charge on any atom is 0.168 e. The third-order valence-electron chi connectivity index (χ3n) is 3.11. The molecule has 0 aromatic heterocycles. The molecule has 0 atom stereocenters. The molecule has 0 aliphatic rings. The number of ether oxygens (including phenoxy) is 1. The lowest BCUT2D eigenvalue weighted by molar-refractivity contribution is 0.289. The van der Waals surface area contributed by atoms with E-state index in [-0.39, 0.29) is 12.3 Å². The van der Waals surface area contributed by atoms with Crippen molar-refractivity contribution in [1.29, 1.82) is 0 Å². The highest BCUT2D eigenvalue weighted by atomic mass is 19.1. The highest BCUT2D eigenvalue weighted by Crippen LogP contribution is 2.24. The van der Waals surface area contributed by atoms with Gasteiger partial charge in [0.25, 0.3) is 0 Å². The number of halogens is 2. The first-order valence-electron chi connectivity index (χ1n) is 7.35. The fraction of sp³-hybridized carbons (Fsp3) is 0.294. The van der Waals surface area contributed by atoms with Gasteiger partial charge in [0.05, 0.1) is 6.61 Å². The number of nitrogens with one attached hydrogen (secondary N) is 2. The third-order valence-corrected chi connectivity index (χ3v) is 3.11. The number of unbranched alkanes of at least 4 members (excludes halogenated alkanes) is 1. The Balaban J connectivity index is 2.01. The smallest absolute Gasteiger partial charge is 0.168 e. The standard InChI is InChI=1S/C17H20F2N2O/c1-2-3-9-22-17-13(10-14(18)11-16(17)19)12-20-21-15-7-5-4-6-8-15/h4-8,10-11,20-21H,2-3,9,12H2,1H3. The number of hydrogen-bond donors (Lipinski definition) is 2. The van der Waals surface area contributed by atoms with Crippen LogP contribution in [0.25, 0.3) is 0 Å². The average molecular weight is 306 g/mol. The SMILES string of the molecule is CCCCOc1c(F)cc(F)cc1CNNc1ccccc1. The fourth-order valence-corrected chi connectivity index (χ4v) is 1.99. The van der Waals surface area contributed by atoms with Crippen molar-refractivity contribution in [3.05, 3.63) is 59.7 Å². The molecule has 118 valence electrons. The first-order chi connectivity index (χ1) is 10.7. The van der Waals surface area contributed by atoms with Crippen LogP contribution < -0.4 is 15.6 Å². The van der Waals surface area contributed by atoms with Crippen LogP contribution in [0.15, 0.2) is 42.5 Å². The molecule has 0 unspecified atom stereocenters. The van der Waals surface area contributed by atoms with Crippen LogP contribution in [0, 0.1) is 11.6 Å². The summed E-state index contributed by atoms with van der Waals surface area (Å²) in [6.07, 6.45) is 1.78. The van der Waals surface area contributed by atoms with Gasteiger partial charge in [-0.05, 0) is 24.6 Å². The normalized spacial score (nSPS) is 10.5. The zero-order chi connectivity index (χ0) is 15.8. The molecular weight excluding hydrogens is 286 g/mol. The Hall–Kier alpha value is -2.14. The Labute approximate surface area is 129 Å². The summed E-state index contributed by atoms with van der Waals surface area (Å²) < 4.78 is 32.7. The maximum atomic E-state index is 13.9. The monoisotopic (exact) mass is 306 g/mol. The van der Waals surface area contributed by atoms with Crippen molar-refractivity contribution in [2.75, 3.05) is 12.0 Å². The molecule has 0 aliphatic heterocycles. The Morgan fingerprint density at radius 2 is 1.86 bits per heavy atom. The predicted octanol–water partition coefficient (Wildman–Crippen LogP) is 4.26. The Kier molecular flexibility index (Phi) is 6.15. The van der Waals surface area contributed by atoms with Gasteiger partial charge >= 0.3 is 0 Å². The Bertz CT molecular complexity index is 591. The van der Waals surface area contributed by atoms with E-state index in [9.17, 15) is 8.78 Å². The Morgan fingerprint density at radius 3 is 2.59 bits per heavy atom. The van der Waals surface area contributed by atoms with Crippen molar-refractivity contribution in [1.82, 2.24) is 5.43 Å². The minimum absolute atomic E-state index is 0.109. The van der Waals surface area contributed by atoms with Gasteiger partial charge in [0.2, 0.25) is 0 Å². The molecule has 2 N–H and O–H groups in total. The molecule has 0 fully saturated rings. The van der Waals surface area contributed by atoms with Gasteiger partial charge in [0.15, 0.2) is 11.6 Å². The van der Waals surface area contributed by atoms with Crippen molar-refractivity contribution >= 4 is 5.69 Å². The van der Waals surface area contributed by atoms with Crippen LogP contribution in [0.4, 0.5) is 14.5 Å². The van der Waals surface area contributed by atoms with Gasteiger partial charge in [-0.15, -0.1) is 0 Å². The molecule has 0 aliphatic carbocycles. The highest BCUT2D eigenvalue weighted by molar-refractivity contribution is 5.42. The van der Waals surface area contributed by atoms with Crippen LogP contribution in [-0.2, 0) is 6.54 Å². The van der Waals surface area contributed by atoms with Gasteiger partial charge < -0.3 is 10.2 Å². The number of hydrogen-bond acceptors (Lipinski definition) is 3. The predicted molar refractivity (Wildman–Crippen MR) is 83.7 cm³/mol. The molecule has 22 heavy (non-hydrogen) atoms. The number of benzene rings is 2. The van der Waals surface area contributed by atoms with Crippen molar-refractivity contribution in [2.24, 2.45) is 0 Å². The van der Waals surface area contributed by atoms with Crippen molar-refractivity contribution in [3.8, 4) is 5.75 Å². The van der Waals surface area contributed by atoms with Gasteiger partial charge in [0.1, 0.15) is 5.82 Å². The second-order valence-electron chi connectivity index (χ2n) is 4.92. The molecule has 0 heterocycles. The minimum Gasteiger partial charge on any atom is -0.490 e. The van der Waals surface area contributed by atoms with E-state index in [1.165, 1.54) is 6.07 Å². The van der Waals surface area contributed by atoms with Crippen LogP contribution in [0.5, 0.6) is 5.75 Å².